The van der Waals surface area contributed by atoms with Crippen LogP contribution in [0, 0.1) is 6.92 Å². The molecule has 0 spiro atoms. The molecule has 1 aromatic heterocycles. The Hall–Kier alpha value is -2.43. The van der Waals surface area contributed by atoms with E-state index in [4.69, 9.17) is 0 Å². The molecule has 5 heteroatoms. The molecule has 0 fully saturated rings. The Bertz CT molecular complexity index is 668. The largest absolute Gasteiger partial charge is 0.354 e. The maximum atomic E-state index is 12.4. The van der Waals surface area contributed by atoms with Crippen molar-refractivity contribution in [2.75, 3.05) is 17.2 Å². The van der Waals surface area contributed by atoms with Crippen LogP contribution in [0.4, 0.5) is 11.6 Å². The fourth-order valence-corrected chi connectivity index (χ4v) is 2.36. The summed E-state index contributed by atoms with van der Waals surface area (Å²) in [5, 5.41) is 6.08. The summed E-state index contributed by atoms with van der Waals surface area (Å²) in [5.41, 5.74) is 3.16. The second-order valence-electron chi connectivity index (χ2n) is 5.86. The molecule has 2 rings (SSSR count). The molecule has 0 aliphatic rings. The Labute approximate surface area is 143 Å². The first kappa shape index (κ1) is 17.9. The van der Waals surface area contributed by atoms with E-state index in [-0.39, 0.29) is 5.91 Å². The van der Waals surface area contributed by atoms with Crippen LogP contribution in [-0.4, -0.2) is 22.4 Å². The van der Waals surface area contributed by atoms with Gasteiger partial charge in [0, 0.05) is 17.9 Å². The molecule has 0 aliphatic carbocycles. The number of nitrogens with zero attached hydrogens (tertiary/aromatic N) is 2. The monoisotopic (exact) mass is 326 g/mol. The number of unbranched alkanes of at least 4 members (excludes halogenated alkanes) is 2. The minimum absolute atomic E-state index is 0.221. The highest BCUT2D eigenvalue weighted by Gasteiger charge is 2.11. The Morgan fingerprint density at radius 3 is 2.50 bits per heavy atom. The number of benzene rings is 1. The molecular weight excluding hydrogens is 300 g/mol. The summed E-state index contributed by atoms with van der Waals surface area (Å²) in [6.45, 7) is 6.95. The van der Waals surface area contributed by atoms with Gasteiger partial charge in [-0.1, -0.05) is 38.8 Å². The van der Waals surface area contributed by atoms with Crippen molar-refractivity contribution < 1.29 is 4.79 Å². The van der Waals surface area contributed by atoms with Crippen molar-refractivity contribution in [2.45, 2.75) is 46.5 Å². The lowest BCUT2D eigenvalue weighted by molar-refractivity contribution is 0.102. The Morgan fingerprint density at radius 1 is 1.08 bits per heavy atom. The van der Waals surface area contributed by atoms with Gasteiger partial charge in [0.25, 0.3) is 5.91 Å². The third-order valence-corrected chi connectivity index (χ3v) is 3.77. The fraction of sp³-hybridized carbons (Fsp3) is 0.421. The molecular formula is C19H26N4O. The number of carbonyl (C=O) groups excluding carboxylic acids is 1. The van der Waals surface area contributed by atoms with Gasteiger partial charge < -0.3 is 10.6 Å². The number of anilines is 2. The molecule has 1 aromatic carbocycles. The van der Waals surface area contributed by atoms with Gasteiger partial charge in [-0.3, -0.25) is 4.79 Å². The molecule has 128 valence electrons. The van der Waals surface area contributed by atoms with Crippen LogP contribution in [0.2, 0.25) is 0 Å². The lowest BCUT2D eigenvalue weighted by Gasteiger charge is -2.09. The molecule has 0 saturated carbocycles. The van der Waals surface area contributed by atoms with Crippen molar-refractivity contribution >= 4 is 17.5 Å². The van der Waals surface area contributed by atoms with Crippen LogP contribution >= 0.6 is 0 Å². The van der Waals surface area contributed by atoms with E-state index in [2.05, 4.69) is 34.4 Å². The van der Waals surface area contributed by atoms with E-state index in [1.807, 2.05) is 31.2 Å². The third kappa shape index (κ3) is 5.33. The van der Waals surface area contributed by atoms with Crippen molar-refractivity contribution in [3.05, 3.63) is 47.3 Å². The summed E-state index contributed by atoms with van der Waals surface area (Å²) in [7, 11) is 0. The van der Waals surface area contributed by atoms with Gasteiger partial charge in [0.2, 0.25) is 5.95 Å². The van der Waals surface area contributed by atoms with Crippen LogP contribution in [0.3, 0.4) is 0 Å². The van der Waals surface area contributed by atoms with E-state index in [0.717, 1.165) is 30.8 Å². The Morgan fingerprint density at radius 2 is 1.83 bits per heavy atom. The number of carbonyl (C=O) groups is 1. The molecule has 0 atom stereocenters. The van der Waals surface area contributed by atoms with Crippen LogP contribution in [0.15, 0.2) is 30.3 Å². The standard InChI is InChI=1S/C19H26N4O/c1-4-6-7-12-20-19-21-14(3)13-17(23-19)18(24)22-16-10-8-15(5-2)9-11-16/h8-11,13H,4-7,12H2,1-3H3,(H,22,24)(H,20,21,23). The third-order valence-electron chi connectivity index (χ3n) is 3.77. The van der Waals surface area contributed by atoms with Gasteiger partial charge in [-0.15, -0.1) is 0 Å². The molecule has 0 bridgehead atoms. The molecule has 0 radical (unpaired) electrons. The molecule has 24 heavy (non-hydrogen) atoms. The molecule has 0 saturated heterocycles. The second kappa shape index (κ2) is 9.01. The van der Waals surface area contributed by atoms with E-state index in [0.29, 0.717) is 11.6 Å². The second-order valence-corrected chi connectivity index (χ2v) is 5.86. The summed E-state index contributed by atoms with van der Waals surface area (Å²) in [6, 6.07) is 9.56. The first-order chi connectivity index (χ1) is 11.6. The highest BCUT2D eigenvalue weighted by atomic mass is 16.1. The lowest BCUT2D eigenvalue weighted by Crippen LogP contribution is -2.16. The van der Waals surface area contributed by atoms with Crippen LogP contribution in [0.25, 0.3) is 0 Å². The predicted octanol–water partition coefficient (Wildman–Crippen LogP) is 4.20. The zero-order valence-electron chi connectivity index (χ0n) is 14.7. The number of rotatable bonds is 8. The van der Waals surface area contributed by atoms with Gasteiger partial charge >= 0.3 is 0 Å². The maximum Gasteiger partial charge on any atom is 0.274 e. The Kier molecular flexibility index (Phi) is 6.73. The zero-order valence-corrected chi connectivity index (χ0v) is 14.7. The highest BCUT2D eigenvalue weighted by Crippen LogP contribution is 2.12. The minimum Gasteiger partial charge on any atom is -0.354 e. The van der Waals surface area contributed by atoms with Gasteiger partial charge in [0.15, 0.2) is 0 Å². The van der Waals surface area contributed by atoms with Crippen LogP contribution in [0.5, 0.6) is 0 Å². The molecule has 0 unspecified atom stereocenters. The van der Waals surface area contributed by atoms with Gasteiger partial charge in [-0.05, 0) is 43.5 Å². The van der Waals surface area contributed by atoms with Gasteiger partial charge in [0.1, 0.15) is 5.69 Å². The molecule has 2 aromatic rings. The lowest BCUT2D eigenvalue weighted by atomic mass is 10.1. The van der Waals surface area contributed by atoms with Crippen molar-refractivity contribution in [1.29, 1.82) is 0 Å². The summed E-state index contributed by atoms with van der Waals surface area (Å²) >= 11 is 0. The normalized spacial score (nSPS) is 10.5. The van der Waals surface area contributed by atoms with E-state index in [1.165, 1.54) is 18.4 Å². The highest BCUT2D eigenvalue weighted by molar-refractivity contribution is 6.03. The van der Waals surface area contributed by atoms with Crippen molar-refractivity contribution in [1.82, 2.24) is 9.97 Å². The van der Waals surface area contributed by atoms with Crippen molar-refractivity contribution in [3.63, 3.8) is 0 Å². The first-order valence-corrected chi connectivity index (χ1v) is 8.62. The quantitative estimate of drug-likeness (QED) is 0.713. The number of hydrogen-bond acceptors (Lipinski definition) is 4. The topological polar surface area (TPSA) is 66.9 Å². The summed E-state index contributed by atoms with van der Waals surface area (Å²) in [4.78, 5) is 21.1. The predicted molar refractivity (Wildman–Crippen MR) is 98.6 cm³/mol. The summed E-state index contributed by atoms with van der Waals surface area (Å²) in [5.74, 6) is 0.291. The Balaban J connectivity index is 2.03. The maximum absolute atomic E-state index is 12.4. The van der Waals surface area contributed by atoms with Crippen molar-refractivity contribution in [2.24, 2.45) is 0 Å². The van der Waals surface area contributed by atoms with E-state index >= 15 is 0 Å². The molecule has 1 amide bonds. The molecule has 1 heterocycles. The summed E-state index contributed by atoms with van der Waals surface area (Å²) < 4.78 is 0. The number of nitrogens with one attached hydrogen (secondary N) is 2. The zero-order chi connectivity index (χ0) is 17.4. The van der Waals surface area contributed by atoms with Crippen LogP contribution in [0.1, 0.15) is 54.9 Å². The SMILES string of the molecule is CCCCCNc1nc(C)cc(C(=O)Nc2ccc(CC)cc2)n1. The number of hydrogen-bond donors (Lipinski definition) is 2. The minimum atomic E-state index is -0.221. The molecule has 0 aliphatic heterocycles. The van der Waals surface area contributed by atoms with E-state index in [9.17, 15) is 4.79 Å². The van der Waals surface area contributed by atoms with E-state index < -0.39 is 0 Å². The smallest absolute Gasteiger partial charge is 0.274 e. The number of aryl methyl sites for hydroxylation is 2. The number of aromatic nitrogens is 2. The average molecular weight is 326 g/mol. The first-order valence-electron chi connectivity index (χ1n) is 8.62. The molecule has 2 N–H and O–H groups in total. The summed E-state index contributed by atoms with van der Waals surface area (Å²) in [6.07, 6.45) is 4.38. The van der Waals surface area contributed by atoms with E-state index in [1.54, 1.807) is 6.07 Å². The van der Waals surface area contributed by atoms with Crippen LogP contribution < -0.4 is 10.6 Å². The van der Waals surface area contributed by atoms with Crippen LogP contribution in [-0.2, 0) is 6.42 Å². The fourth-order valence-electron chi connectivity index (χ4n) is 2.36. The molecule has 5 nitrogen and oxygen atoms in total. The number of amides is 1. The van der Waals surface area contributed by atoms with Gasteiger partial charge in [-0.2, -0.15) is 0 Å². The average Bonchev–Trinajstić information content (AvgIpc) is 2.59. The van der Waals surface area contributed by atoms with Gasteiger partial charge in [-0.25, -0.2) is 9.97 Å². The van der Waals surface area contributed by atoms with Crippen molar-refractivity contribution in [3.8, 4) is 0 Å². The van der Waals surface area contributed by atoms with Gasteiger partial charge in [0.05, 0.1) is 0 Å².